The molecule has 3 heteroatoms. The molecule has 0 N–H and O–H groups in total. The SMILES string of the molecule is C1=CN(c2ccccc2)CN1c1ccccc1.[B]. The van der Waals surface area contributed by atoms with Gasteiger partial charge >= 0.3 is 0 Å². The summed E-state index contributed by atoms with van der Waals surface area (Å²) in [4.78, 5) is 4.46. The fourth-order valence-corrected chi connectivity index (χ4v) is 1.99. The van der Waals surface area contributed by atoms with Crippen LogP contribution in [0.25, 0.3) is 0 Å². The van der Waals surface area contributed by atoms with E-state index in [0.29, 0.717) is 0 Å². The number of anilines is 2. The van der Waals surface area contributed by atoms with Crippen molar-refractivity contribution in [3.63, 3.8) is 0 Å². The molecule has 2 nitrogen and oxygen atoms in total. The van der Waals surface area contributed by atoms with Crippen molar-refractivity contribution in [3.05, 3.63) is 73.1 Å². The van der Waals surface area contributed by atoms with Crippen LogP contribution in [0, 0.1) is 0 Å². The zero-order valence-electron chi connectivity index (χ0n) is 10.1. The van der Waals surface area contributed by atoms with E-state index in [1.54, 1.807) is 0 Å². The molecule has 0 spiro atoms. The molecule has 0 amide bonds. The molecular weight excluding hydrogens is 219 g/mol. The minimum Gasteiger partial charge on any atom is -0.328 e. The van der Waals surface area contributed by atoms with Crippen LogP contribution in [-0.4, -0.2) is 15.1 Å². The highest BCUT2D eigenvalue weighted by Crippen LogP contribution is 2.23. The zero-order valence-corrected chi connectivity index (χ0v) is 10.1. The Morgan fingerprint density at radius 3 is 1.39 bits per heavy atom. The van der Waals surface area contributed by atoms with Crippen LogP contribution in [0.2, 0.25) is 0 Å². The zero-order chi connectivity index (χ0) is 11.5. The molecule has 0 saturated carbocycles. The van der Waals surface area contributed by atoms with E-state index in [2.05, 4.69) is 70.7 Å². The number of para-hydroxylation sites is 2. The molecule has 3 rings (SSSR count). The first-order valence-corrected chi connectivity index (χ1v) is 5.75. The Morgan fingerprint density at radius 2 is 1.00 bits per heavy atom. The van der Waals surface area contributed by atoms with Gasteiger partial charge < -0.3 is 9.80 Å². The molecule has 2 aromatic carbocycles. The third-order valence-electron chi connectivity index (χ3n) is 2.91. The highest BCUT2D eigenvalue weighted by molar-refractivity contribution is 5.75. The Hall–Kier alpha value is -2.16. The predicted molar refractivity (Wildman–Crippen MR) is 77.6 cm³/mol. The second-order valence-corrected chi connectivity index (χ2v) is 4.05. The number of rotatable bonds is 2. The number of benzene rings is 2. The molecule has 0 aromatic heterocycles. The summed E-state index contributed by atoms with van der Waals surface area (Å²) in [6.07, 6.45) is 4.23. The third-order valence-corrected chi connectivity index (χ3v) is 2.91. The number of hydrogen-bond acceptors (Lipinski definition) is 2. The third kappa shape index (κ3) is 2.40. The standard InChI is InChI=1S/C15H14N2.B/c1-3-7-14(8-4-1)16-11-12-17(13-16)15-9-5-2-6-10-15;/h1-12H,13H2;. The molecule has 0 unspecified atom stereocenters. The van der Waals surface area contributed by atoms with Crippen molar-refractivity contribution in [2.24, 2.45) is 0 Å². The molecule has 3 radical (unpaired) electrons. The van der Waals surface area contributed by atoms with E-state index in [9.17, 15) is 0 Å². The van der Waals surface area contributed by atoms with E-state index in [0.717, 1.165) is 6.67 Å². The van der Waals surface area contributed by atoms with Crippen molar-refractivity contribution < 1.29 is 0 Å². The van der Waals surface area contributed by atoms with Crippen LogP contribution >= 0.6 is 0 Å². The van der Waals surface area contributed by atoms with Crippen LogP contribution in [0.3, 0.4) is 0 Å². The van der Waals surface area contributed by atoms with Gasteiger partial charge in [0.05, 0.1) is 6.67 Å². The Labute approximate surface area is 110 Å². The summed E-state index contributed by atoms with van der Waals surface area (Å²) in [5, 5.41) is 0. The smallest absolute Gasteiger partial charge is 0.0989 e. The molecule has 0 saturated heterocycles. The van der Waals surface area contributed by atoms with Crippen molar-refractivity contribution in [3.8, 4) is 0 Å². The number of hydrogen-bond donors (Lipinski definition) is 0. The molecule has 2 aromatic rings. The summed E-state index contributed by atoms with van der Waals surface area (Å²) < 4.78 is 0. The van der Waals surface area contributed by atoms with Crippen molar-refractivity contribution >= 4 is 19.8 Å². The van der Waals surface area contributed by atoms with Crippen molar-refractivity contribution in [1.82, 2.24) is 0 Å². The molecule has 87 valence electrons. The van der Waals surface area contributed by atoms with E-state index >= 15 is 0 Å². The minimum atomic E-state index is 0. The van der Waals surface area contributed by atoms with Gasteiger partial charge in [-0.05, 0) is 24.3 Å². The first kappa shape index (κ1) is 12.3. The highest BCUT2D eigenvalue weighted by Gasteiger charge is 2.14. The summed E-state index contributed by atoms with van der Waals surface area (Å²) in [6, 6.07) is 20.8. The van der Waals surface area contributed by atoms with Crippen molar-refractivity contribution in [2.45, 2.75) is 0 Å². The predicted octanol–water partition coefficient (Wildman–Crippen LogP) is 3.06. The van der Waals surface area contributed by atoms with Gasteiger partial charge in [-0.2, -0.15) is 0 Å². The second kappa shape index (κ2) is 5.45. The highest BCUT2D eigenvalue weighted by atomic mass is 15.3. The Bertz CT molecular complexity index is 463. The maximum absolute atomic E-state index is 2.23. The Balaban J connectivity index is 0.00000120. The lowest BCUT2D eigenvalue weighted by atomic mass is 10.3. The summed E-state index contributed by atoms with van der Waals surface area (Å²) in [5.41, 5.74) is 2.45. The topological polar surface area (TPSA) is 6.48 Å². The van der Waals surface area contributed by atoms with Crippen LogP contribution in [0.1, 0.15) is 0 Å². The molecule has 0 atom stereocenters. The van der Waals surface area contributed by atoms with Gasteiger partial charge in [-0.3, -0.25) is 0 Å². The van der Waals surface area contributed by atoms with Crippen molar-refractivity contribution in [1.29, 1.82) is 0 Å². The maximum Gasteiger partial charge on any atom is 0.0989 e. The second-order valence-electron chi connectivity index (χ2n) is 4.05. The average molecular weight is 233 g/mol. The summed E-state index contributed by atoms with van der Waals surface area (Å²) >= 11 is 0. The summed E-state index contributed by atoms with van der Waals surface area (Å²) in [6.45, 7) is 0.869. The van der Waals surface area contributed by atoms with Crippen molar-refractivity contribution in [2.75, 3.05) is 16.5 Å². The molecule has 1 aliphatic heterocycles. The van der Waals surface area contributed by atoms with Gasteiger partial charge in [0.2, 0.25) is 0 Å². The monoisotopic (exact) mass is 233 g/mol. The van der Waals surface area contributed by atoms with E-state index in [1.807, 2.05) is 12.1 Å². The quantitative estimate of drug-likeness (QED) is 0.735. The lowest BCUT2D eigenvalue weighted by Gasteiger charge is -2.21. The van der Waals surface area contributed by atoms with Gasteiger partial charge in [-0.15, -0.1) is 0 Å². The number of nitrogens with zero attached hydrogens (tertiary/aromatic N) is 2. The lowest BCUT2D eigenvalue weighted by Crippen LogP contribution is -2.24. The first-order valence-electron chi connectivity index (χ1n) is 5.75. The lowest BCUT2D eigenvalue weighted by molar-refractivity contribution is 0.976. The van der Waals surface area contributed by atoms with Gasteiger partial charge in [0, 0.05) is 32.2 Å². The summed E-state index contributed by atoms with van der Waals surface area (Å²) in [7, 11) is 0. The molecule has 0 fully saturated rings. The van der Waals surface area contributed by atoms with Crippen LogP contribution in [0.15, 0.2) is 73.1 Å². The maximum atomic E-state index is 2.23. The van der Waals surface area contributed by atoms with E-state index in [-0.39, 0.29) is 8.41 Å². The average Bonchev–Trinajstić information content (AvgIpc) is 2.90. The largest absolute Gasteiger partial charge is 0.328 e. The molecule has 0 aliphatic carbocycles. The first-order chi connectivity index (χ1) is 8.43. The van der Waals surface area contributed by atoms with E-state index < -0.39 is 0 Å². The summed E-state index contributed by atoms with van der Waals surface area (Å²) in [5.74, 6) is 0. The molecule has 18 heavy (non-hydrogen) atoms. The molecule has 1 aliphatic rings. The van der Waals surface area contributed by atoms with Crippen LogP contribution in [-0.2, 0) is 0 Å². The molecule has 0 bridgehead atoms. The van der Waals surface area contributed by atoms with Gasteiger partial charge in [-0.1, -0.05) is 36.4 Å². The minimum absolute atomic E-state index is 0. The van der Waals surface area contributed by atoms with Crippen LogP contribution < -0.4 is 9.80 Å². The van der Waals surface area contributed by atoms with Gasteiger partial charge in [0.25, 0.3) is 0 Å². The molecule has 1 heterocycles. The van der Waals surface area contributed by atoms with Crippen LogP contribution in [0.5, 0.6) is 0 Å². The Morgan fingerprint density at radius 1 is 0.611 bits per heavy atom. The fourth-order valence-electron chi connectivity index (χ4n) is 1.99. The molecular formula is C15H14BN2. The van der Waals surface area contributed by atoms with E-state index in [4.69, 9.17) is 0 Å². The fraction of sp³-hybridized carbons (Fsp3) is 0.0667. The van der Waals surface area contributed by atoms with Gasteiger partial charge in [-0.25, -0.2) is 0 Å². The normalized spacial score (nSPS) is 13.6. The Kier molecular flexibility index (Phi) is 3.73. The van der Waals surface area contributed by atoms with Gasteiger partial charge in [0.15, 0.2) is 0 Å². The van der Waals surface area contributed by atoms with Gasteiger partial charge in [0.1, 0.15) is 0 Å². The van der Waals surface area contributed by atoms with Crippen LogP contribution in [0.4, 0.5) is 11.4 Å². The van der Waals surface area contributed by atoms with E-state index in [1.165, 1.54) is 11.4 Å².